The SMILES string of the molecule is CS[C@H]1CN(C(=O)[C@H](c2ccccc2C(N)=O)C(C)(C)C)[C@@H]2C(=O)CO[C@H]12. The van der Waals surface area contributed by atoms with Gasteiger partial charge >= 0.3 is 0 Å². The van der Waals surface area contributed by atoms with Crippen LogP contribution in [-0.2, 0) is 14.3 Å². The zero-order valence-electron chi connectivity index (χ0n) is 16.1. The zero-order chi connectivity index (χ0) is 19.9. The van der Waals surface area contributed by atoms with Crippen LogP contribution < -0.4 is 5.73 Å². The molecule has 2 saturated heterocycles. The van der Waals surface area contributed by atoms with Gasteiger partial charge in [0.15, 0.2) is 5.78 Å². The van der Waals surface area contributed by atoms with Gasteiger partial charge < -0.3 is 15.4 Å². The van der Waals surface area contributed by atoms with Gasteiger partial charge in [-0.05, 0) is 23.3 Å². The number of nitrogens with zero attached hydrogens (tertiary/aromatic N) is 1. The molecule has 0 saturated carbocycles. The van der Waals surface area contributed by atoms with Gasteiger partial charge in [0, 0.05) is 12.1 Å². The Hall–Kier alpha value is -1.86. The molecule has 2 aliphatic heterocycles. The van der Waals surface area contributed by atoms with Crippen molar-refractivity contribution in [2.75, 3.05) is 19.4 Å². The van der Waals surface area contributed by atoms with Gasteiger partial charge in [-0.3, -0.25) is 14.4 Å². The van der Waals surface area contributed by atoms with Crippen LogP contribution in [0.4, 0.5) is 0 Å². The highest BCUT2D eigenvalue weighted by atomic mass is 32.2. The van der Waals surface area contributed by atoms with E-state index < -0.39 is 23.3 Å². The number of rotatable bonds is 4. The van der Waals surface area contributed by atoms with E-state index in [1.165, 1.54) is 0 Å². The minimum Gasteiger partial charge on any atom is -0.367 e. The number of hydrogen-bond acceptors (Lipinski definition) is 5. The first-order valence-electron chi connectivity index (χ1n) is 9.03. The summed E-state index contributed by atoms with van der Waals surface area (Å²) in [6.07, 6.45) is 1.70. The predicted octanol–water partition coefficient (Wildman–Crippen LogP) is 1.83. The second-order valence-corrected chi connectivity index (χ2v) is 9.28. The number of thioether (sulfide) groups is 1. The lowest BCUT2D eigenvalue weighted by Crippen LogP contribution is -2.46. The van der Waals surface area contributed by atoms with Crippen LogP contribution in [-0.4, -0.2) is 59.3 Å². The quantitative estimate of drug-likeness (QED) is 0.847. The number of likely N-dealkylation sites (tertiary alicyclic amines) is 1. The first-order valence-corrected chi connectivity index (χ1v) is 10.3. The van der Waals surface area contributed by atoms with Crippen molar-refractivity contribution in [1.29, 1.82) is 0 Å². The first kappa shape index (κ1) is 19.9. The van der Waals surface area contributed by atoms with Crippen LogP contribution in [0.25, 0.3) is 0 Å². The molecular weight excluding hydrogens is 364 g/mol. The number of primary amides is 1. The number of nitrogens with two attached hydrogens (primary N) is 1. The summed E-state index contributed by atoms with van der Waals surface area (Å²) in [4.78, 5) is 39.7. The third-order valence-electron chi connectivity index (χ3n) is 5.37. The summed E-state index contributed by atoms with van der Waals surface area (Å²) in [7, 11) is 0. The standard InChI is InChI=1S/C20H26N2O4S/c1-20(2,3)15(11-7-5-6-8-12(11)18(21)24)19(25)22-9-14(27-4)17-16(22)13(23)10-26-17/h5-8,14-17H,9-10H2,1-4H3,(H2,21,24)/t14-,15-,16+,17+/m0/s1. The molecule has 146 valence electrons. The van der Waals surface area contributed by atoms with Gasteiger partial charge in [-0.15, -0.1) is 0 Å². The Balaban J connectivity index is 2.04. The fraction of sp³-hybridized carbons (Fsp3) is 0.550. The van der Waals surface area contributed by atoms with E-state index in [0.29, 0.717) is 17.7 Å². The molecule has 2 fully saturated rings. The van der Waals surface area contributed by atoms with Gasteiger partial charge in [0.1, 0.15) is 12.6 Å². The summed E-state index contributed by atoms with van der Waals surface area (Å²) in [5.41, 5.74) is 6.05. The van der Waals surface area contributed by atoms with Crippen LogP contribution in [0.2, 0.25) is 0 Å². The number of hydrogen-bond donors (Lipinski definition) is 1. The van der Waals surface area contributed by atoms with Crippen molar-refractivity contribution >= 4 is 29.4 Å². The van der Waals surface area contributed by atoms with Crippen LogP contribution in [0, 0.1) is 5.41 Å². The smallest absolute Gasteiger partial charge is 0.249 e. The molecule has 0 bridgehead atoms. The fourth-order valence-corrected chi connectivity index (χ4v) is 4.96. The van der Waals surface area contributed by atoms with Gasteiger partial charge in [0.25, 0.3) is 0 Å². The van der Waals surface area contributed by atoms with Gasteiger partial charge in [-0.1, -0.05) is 39.0 Å². The average Bonchev–Trinajstić information content (AvgIpc) is 3.14. The number of Topliss-reactive ketones (excluding diaryl/α,β-unsaturated/α-hetero) is 1. The van der Waals surface area contributed by atoms with E-state index in [2.05, 4.69) is 0 Å². The minimum atomic E-state index is -0.587. The molecule has 0 aliphatic carbocycles. The van der Waals surface area contributed by atoms with E-state index in [1.54, 1.807) is 40.9 Å². The van der Waals surface area contributed by atoms with Crippen LogP contribution in [0.5, 0.6) is 0 Å². The molecule has 2 N–H and O–H groups in total. The van der Waals surface area contributed by atoms with E-state index in [0.717, 1.165) is 0 Å². The molecule has 2 amide bonds. The minimum absolute atomic E-state index is 0.0498. The Labute approximate surface area is 163 Å². The van der Waals surface area contributed by atoms with Crippen molar-refractivity contribution in [3.63, 3.8) is 0 Å². The van der Waals surface area contributed by atoms with E-state index in [-0.39, 0.29) is 29.7 Å². The predicted molar refractivity (Wildman–Crippen MR) is 105 cm³/mol. The number of benzene rings is 1. The maximum Gasteiger partial charge on any atom is 0.249 e. The number of ketones is 1. The molecule has 0 aromatic heterocycles. The molecule has 0 radical (unpaired) electrons. The lowest BCUT2D eigenvalue weighted by atomic mass is 9.74. The van der Waals surface area contributed by atoms with Gasteiger partial charge in [-0.2, -0.15) is 11.8 Å². The maximum absolute atomic E-state index is 13.7. The second kappa shape index (κ2) is 7.28. The summed E-state index contributed by atoms with van der Waals surface area (Å²) >= 11 is 1.61. The Kier molecular flexibility index (Phi) is 5.36. The van der Waals surface area contributed by atoms with Crippen molar-refractivity contribution in [3.8, 4) is 0 Å². The summed E-state index contributed by atoms with van der Waals surface area (Å²) in [5.74, 6) is -1.35. The molecule has 4 atom stereocenters. The van der Waals surface area contributed by atoms with Crippen molar-refractivity contribution in [1.82, 2.24) is 4.90 Å². The van der Waals surface area contributed by atoms with E-state index >= 15 is 0 Å². The Morgan fingerprint density at radius 3 is 2.56 bits per heavy atom. The summed E-state index contributed by atoms with van der Waals surface area (Å²) in [6.45, 7) is 6.39. The Morgan fingerprint density at radius 2 is 1.96 bits per heavy atom. The average molecular weight is 391 g/mol. The number of fused-ring (bicyclic) bond motifs is 1. The fourth-order valence-electron chi connectivity index (χ4n) is 4.16. The van der Waals surface area contributed by atoms with E-state index in [4.69, 9.17) is 10.5 Å². The molecule has 2 aliphatic rings. The molecule has 27 heavy (non-hydrogen) atoms. The summed E-state index contributed by atoms with van der Waals surface area (Å²) in [6, 6.07) is 6.42. The molecule has 6 nitrogen and oxygen atoms in total. The van der Waals surface area contributed by atoms with Crippen LogP contribution in [0.3, 0.4) is 0 Å². The third kappa shape index (κ3) is 3.50. The topological polar surface area (TPSA) is 89.7 Å². The Bertz CT molecular complexity index is 773. The molecule has 7 heteroatoms. The normalized spacial score (nSPS) is 26.1. The van der Waals surface area contributed by atoms with Crippen molar-refractivity contribution in [3.05, 3.63) is 35.4 Å². The van der Waals surface area contributed by atoms with Crippen LogP contribution in [0.15, 0.2) is 24.3 Å². The van der Waals surface area contributed by atoms with E-state index in [1.807, 2.05) is 27.0 Å². The molecule has 0 unspecified atom stereocenters. The second-order valence-electron chi connectivity index (χ2n) is 8.20. The zero-order valence-corrected chi connectivity index (χ0v) is 16.9. The molecule has 1 aromatic rings. The lowest BCUT2D eigenvalue weighted by molar-refractivity contribution is -0.139. The number of ether oxygens (including phenoxy) is 1. The van der Waals surface area contributed by atoms with Gasteiger partial charge in [-0.25, -0.2) is 0 Å². The summed E-state index contributed by atoms with van der Waals surface area (Å²) < 4.78 is 5.67. The van der Waals surface area contributed by atoms with Crippen molar-refractivity contribution in [2.24, 2.45) is 11.1 Å². The van der Waals surface area contributed by atoms with Crippen molar-refractivity contribution < 1.29 is 19.1 Å². The molecule has 2 heterocycles. The first-order chi connectivity index (χ1) is 12.7. The number of carbonyl (C=O) groups excluding carboxylic acids is 3. The van der Waals surface area contributed by atoms with Crippen LogP contribution >= 0.6 is 11.8 Å². The maximum atomic E-state index is 13.7. The molecular formula is C20H26N2O4S. The summed E-state index contributed by atoms with van der Waals surface area (Å²) in [5, 5.41) is 0.0670. The third-order valence-corrected chi connectivity index (χ3v) is 6.40. The van der Waals surface area contributed by atoms with Gasteiger partial charge in [0.2, 0.25) is 11.8 Å². The van der Waals surface area contributed by atoms with Crippen molar-refractivity contribution in [2.45, 2.75) is 44.1 Å². The number of amides is 2. The molecule has 0 spiro atoms. The van der Waals surface area contributed by atoms with E-state index in [9.17, 15) is 14.4 Å². The Morgan fingerprint density at radius 1 is 1.30 bits per heavy atom. The molecule has 3 rings (SSSR count). The highest BCUT2D eigenvalue weighted by molar-refractivity contribution is 7.99. The lowest BCUT2D eigenvalue weighted by Gasteiger charge is -2.35. The van der Waals surface area contributed by atoms with Crippen LogP contribution in [0.1, 0.15) is 42.6 Å². The monoisotopic (exact) mass is 390 g/mol. The number of carbonyl (C=O) groups is 3. The highest BCUT2D eigenvalue weighted by Gasteiger charge is 2.54. The molecule has 1 aromatic carbocycles. The largest absolute Gasteiger partial charge is 0.367 e. The van der Waals surface area contributed by atoms with Gasteiger partial charge in [0.05, 0.1) is 17.3 Å². The highest BCUT2D eigenvalue weighted by Crippen LogP contribution is 2.42.